The van der Waals surface area contributed by atoms with Crippen molar-refractivity contribution in [1.29, 1.82) is 0 Å². The van der Waals surface area contributed by atoms with E-state index in [1.165, 1.54) is 0 Å². The summed E-state index contributed by atoms with van der Waals surface area (Å²) in [6.07, 6.45) is 0.521. The molecule has 0 aliphatic rings. The number of nitrogens with one attached hydrogen (secondary N) is 2. The molecular weight excluding hydrogens is 430 g/mol. The van der Waals surface area contributed by atoms with E-state index in [9.17, 15) is 9.90 Å². The summed E-state index contributed by atoms with van der Waals surface area (Å²) in [5.74, 6) is -0.126. The summed E-state index contributed by atoms with van der Waals surface area (Å²) in [7, 11) is -2.08. The lowest BCUT2D eigenvalue weighted by molar-refractivity contribution is 0.0737. The number of aromatic nitrogens is 2. The van der Waals surface area contributed by atoms with Crippen molar-refractivity contribution >= 4 is 36.6 Å². The van der Waals surface area contributed by atoms with Crippen molar-refractivity contribution in [2.75, 3.05) is 6.61 Å². The molecule has 2 heterocycles. The summed E-state index contributed by atoms with van der Waals surface area (Å²) in [6, 6.07) is 11.9. The Bertz CT molecular complexity index is 1050. The summed E-state index contributed by atoms with van der Waals surface area (Å²) in [5.41, 5.74) is 1.85. The number of halogens is 1. The van der Waals surface area contributed by atoms with Crippen molar-refractivity contribution in [2.45, 2.75) is 51.2 Å². The number of nitrogens with zero attached hydrogens (tertiary/aromatic N) is 1. The minimum Gasteiger partial charge on any atom is -0.415 e. The van der Waals surface area contributed by atoms with Crippen LogP contribution in [-0.2, 0) is 4.43 Å². The van der Waals surface area contributed by atoms with Gasteiger partial charge in [-0.15, -0.1) is 0 Å². The first kappa shape index (κ1) is 23.6. The number of hydrogen-bond acceptors (Lipinski definition) is 5. The molecule has 2 atom stereocenters. The zero-order valence-corrected chi connectivity index (χ0v) is 20.3. The van der Waals surface area contributed by atoms with Crippen LogP contribution in [0.3, 0.4) is 0 Å². The second-order valence-electron chi connectivity index (χ2n) is 9.24. The summed E-state index contributed by atoms with van der Waals surface area (Å²) in [4.78, 5) is 20.4. The Kier molecular flexibility index (Phi) is 7.03. The zero-order chi connectivity index (χ0) is 22.8. The molecule has 0 aliphatic carbocycles. The van der Waals surface area contributed by atoms with Gasteiger partial charge >= 0.3 is 0 Å². The maximum Gasteiger partial charge on any atom is 0.192 e. The molecule has 3 N–H and O–H groups in total. The first-order valence-corrected chi connectivity index (χ1v) is 13.6. The molecule has 0 spiro atoms. The molecule has 8 heteroatoms. The molecule has 0 aliphatic heterocycles. The quantitative estimate of drug-likeness (QED) is 0.189. The Morgan fingerprint density at radius 3 is 2.58 bits per heavy atom. The molecular formula is C23H30ClN3O3Si. The molecule has 166 valence electrons. The zero-order valence-electron chi connectivity index (χ0n) is 18.6. The predicted octanol–water partition coefficient (Wildman–Crippen LogP) is 5.07. The topological polar surface area (TPSA) is 87.2 Å². The van der Waals surface area contributed by atoms with E-state index in [4.69, 9.17) is 16.0 Å². The number of carbonyl (C=O) groups is 1. The second-order valence-corrected chi connectivity index (χ2v) is 14.4. The van der Waals surface area contributed by atoms with Crippen molar-refractivity contribution in [3.63, 3.8) is 0 Å². The molecule has 3 aromatic rings. The second kappa shape index (κ2) is 9.22. The summed E-state index contributed by atoms with van der Waals surface area (Å²) in [6.45, 7) is 10.9. The monoisotopic (exact) mass is 459 g/mol. The first-order chi connectivity index (χ1) is 14.5. The van der Waals surface area contributed by atoms with Gasteiger partial charge < -0.3 is 14.5 Å². The van der Waals surface area contributed by atoms with Crippen LogP contribution in [0.4, 0.5) is 0 Å². The highest BCUT2D eigenvalue weighted by Crippen LogP contribution is 2.36. The molecule has 31 heavy (non-hydrogen) atoms. The number of H-pyrrole nitrogens is 1. The number of ketones is 1. The number of Topliss-reactive ketones (excluding diaryl/α,β-unsaturated/α-hetero) is 1. The lowest BCUT2D eigenvalue weighted by Gasteiger charge is -2.37. The largest absolute Gasteiger partial charge is 0.415 e. The predicted molar refractivity (Wildman–Crippen MR) is 127 cm³/mol. The number of benzene rings is 1. The van der Waals surface area contributed by atoms with E-state index in [0.717, 1.165) is 10.9 Å². The minimum absolute atomic E-state index is 0.00933. The number of fused-ring (bicyclic) bond motifs is 1. The molecule has 1 unspecified atom stereocenters. The molecule has 3 rings (SSSR count). The Hall–Kier alpha value is -2.03. The highest BCUT2D eigenvalue weighted by atomic mass is 35.5. The molecule has 0 saturated carbocycles. The van der Waals surface area contributed by atoms with Gasteiger partial charge in [-0.05, 0) is 30.3 Å². The Morgan fingerprint density at radius 2 is 1.94 bits per heavy atom. The van der Waals surface area contributed by atoms with E-state index < -0.39 is 20.6 Å². The van der Waals surface area contributed by atoms with Gasteiger partial charge in [0, 0.05) is 10.9 Å². The van der Waals surface area contributed by atoms with E-state index in [1.54, 1.807) is 30.5 Å². The van der Waals surface area contributed by atoms with Crippen LogP contribution in [0.15, 0.2) is 48.7 Å². The van der Waals surface area contributed by atoms with Crippen LogP contribution < -0.4 is 5.32 Å². The van der Waals surface area contributed by atoms with Crippen molar-refractivity contribution in [2.24, 2.45) is 0 Å². The smallest absolute Gasteiger partial charge is 0.192 e. The minimum atomic E-state index is -2.08. The molecule has 0 radical (unpaired) electrons. The SMILES string of the molecule is CC(C)(C)[Si](C)(C)OC[C@H](NC(O)c1cc2cc(Cl)ncc2[nH]1)C(=O)c1ccccc1. The summed E-state index contributed by atoms with van der Waals surface area (Å²) < 4.78 is 6.32. The Balaban J connectivity index is 1.83. The average molecular weight is 460 g/mol. The lowest BCUT2D eigenvalue weighted by atomic mass is 10.0. The van der Waals surface area contributed by atoms with Crippen LogP contribution in [0.5, 0.6) is 0 Å². The van der Waals surface area contributed by atoms with Crippen LogP contribution in [0, 0.1) is 0 Å². The molecule has 0 bridgehead atoms. The number of aromatic amines is 1. The Labute approximate surface area is 189 Å². The van der Waals surface area contributed by atoms with Crippen LogP contribution in [-0.4, -0.2) is 41.8 Å². The molecule has 0 saturated heterocycles. The van der Waals surface area contributed by atoms with Gasteiger partial charge in [0.2, 0.25) is 0 Å². The number of carbonyl (C=O) groups excluding carboxylic acids is 1. The number of pyridine rings is 1. The molecule has 6 nitrogen and oxygen atoms in total. The molecule has 1 aromatic carbocycles. The fourth-order valence-corrected chi connectivity index (χ4v) is 4.15. The third kappa shape index (κ3) is 5.61. The van der Waals surface area contributed by atoms with Crippen LogP contribution in [0.1, 0.15) is 43.1 Å². The first-order valence-electron chi connectivity index (χ1n) is 10.3. The van der Waals surface area contributed by atoms with Crippen LogP contribution in [0.2, 0.25) is 23.3 Å². The Morgan fingerprint density at radius 1 is 1.26 bits per heavy atom. The lowest BCUT2D eigenvalue weighted by Crippen LogP contribution is -2.48. The van der Waals surface area contributed by atoms with E-state index in [-0.39, 0.29) is 17.4 Å². The van der Waals surface area contributed by atoms with Gasteiger partial charge in [0.15, 0.2) is 14.1 Å². The van der Waals surface area contributed by atoms with Crippen molar-refractivity contribution in [1.82, 2.24) is 15.3 Å². The van der Waals surface area contributed by atoms with Gasteiger partial charge in [0.05, 0.1) is 30.1 Å². The number of aliphatic hydroxyl groups excluding tert-OH is 1. The molecule has 0 amide bonds. The number of hydrogen-bond donors (Lipinski definition) is 3. The molecule has 0 fully saturated rings. The van der Waals surface area contributed by atoms with E-state index in [1.807, 2.05) is 18.2 Å². The van der Waals surface area contributed by atoms with Gasteiger partial charge in [0.25, 0.3) is 0 Å². The highest BCUT2D eigenvalue weighted by Gasteiger charge is 2.38. The summed E-state index contributed by atoms with van der Waals surface area (Å²) >= 11 is 5.96. The maximum atomic E-state index is 13.2. The van der Waals surface area contributed by atoms with Crippen molar-refractivity contribution in [3.8, 4) is 0 Å². The average Bonchev–Trinajstić information content (AvgIpc) is 3.13. The van der Waals surface area contributed by atoms with Crippen LogP contribution in [0.25, 0.3) is 10.9 Å². The normalized spacial score (nSPS) is 14.5. The molecule has 2 aromatic heterocycles. The maximum absolute atomic E-state index is 13.2. The third-order valence-electron chi connectivity index (χ3n) is 5.94. The van der Waals surface area contributed by atoms with Gasteiger partial charge in [0.1, 0.15) is 11.4 Å². The summed E-state index contributed by atoms with van der Waals surface area (Å²) in [5, 5.41) is 15.1. The van der Waals surface area contributed by atoms with Gasteiger partial charge in [-0.1, -0.05) is 62.7 Å². The van der Waals surface area contributed by atoms with Crippen molar-refractivity contribution < 1.29 is 14.3 Å². The fourth-order valence-electron chi connectivity index (χ4n) is 2.97. The van der Waals surface area contributed by atoms with E-state index in [0.29, 0.717) is 16.4 Å². The van der Waals surface area contributed by atoms with Crippen LogP contribution >= 0.6 is 11.6 Å². The van der Waals surface area contributed by atoms with Crippen molar-refractivity contribution in [3.05, 3.63) is 65.1 Å². The van der Waals surface area contributed by atoms with E-state index >= 15 is 0 Å². The van der Waals surface area contributed by atoms with E-state index in [2.05, 4.69) is 49.1 Å². The number of rotatable bonds is 8. The highest BCUT2D eigenvalue weighted by molar-refractivity contribution is 6.74. The van der Waals surface area contributed by atoms with Gasteiger partial charge in [-0.2, -0.15) is 0 Å². The number of aliphatic hydroxyl groups is 1. The van der Waals surface area contributed by atoms with Gasteiger partial charge in [-0.3, -0.25) is 10.1 Å². The standard InChI is InChI=1S/C23H30ClN3O3Si/c1-23(2,3)31(4,5)30-14-19(21(28)15-9-7-6-8-10-15)27-22(29)17-11-16-12-20(24)25-13-18(16)26-17/h6-13,19,22,26-27,29H,14H2,1-5H3/t19-,22?/m0/s1. The van der Waals surface area contributed by atoms with Gasteiger partial charge in [-0.25, -0.2) is 4.98 Å². The fraction of sp³-hybridized carbons (Fsp3) is 0.391. The third-order valence-corrected chi connectivity index (χ3v) is 10.6.